The van der Waals surface area contributed by atoms with Gasteiger partial charge in [-0.25, -0.2) is 0 Å². The molecule has 0 saturated heterocycles. The normalized spacial score (nSPS) is 16.7. The maximum atomic E-state index is 7.02. The number of rotatable bonds is 4. The smallest absolute Gasteiger partial charge is 0.159 e. The summed E-state index contributed by atoms with van der Waals surface area (Å²) in [6, 6.07) is 55.3. The number of benzene rings is 7. The minimum Gasteiger partial charge on any atom is -0.454 e. The number of hydrogen-bond donors (Lipinski definition) is 1. The van der Waals surface area contributed by atoms with Gasteiger partial charge in [-0.15, -0.1) is 0 Å². The molecule has 0 radical (unpaired) electrons. The second-order valence-electron chi connectivity index (χ2n) is 16.5. The third-order valence-electron chi connectivity index (χ3n) is 13.0. The second kappa shape index (κ2) is 12.2. The van der Waals surface area contributed by atoms with Crippen molar-refractivity contribution in [2.24, 2.45) is 0 Å². The molecule has 2 aliphatic carbocycles. The zero-order chi connectivity index (χ0) is 38.7. The highest BCUT2D eigenvalue weighted by Gasteiger charge is 2.37. The number of allylic oxidation sites excluding steroid dienone is 4. The van der Waals surface area contributed by atoms with Gasteiger partial charge in [0.15, 0.2) is 5.58 Å². The number of fused-ring (bicyclic) bond motifs is 11. The second-order valence-corrected chi connectivity index (χ2v) is 16.5. The highest BCUT2D eigenvalue weighted by Crippen LogP contribution is 2.53. The summed E-state index contributed by atoms with van der Waals surface area (Å²) in [4.78, 5) is 0. The van der Waals surface area contributed by atoms with Crippen LogP contribution in [0.1, 0.15) is 43.0 Å². The molecule has 0 spiro atoms. The van der Waals surface area contributed by atoms with Crippen LogP contribution in [0.5, 0.6) is 0 Å². The van der Waals surface area contributed by atoms with E-state index in [1.807, 2.05) is 0 Å². The van der Waals surface area contributed by atoms with Gasteiger partial charge in [0.25, 0.3) is 0 Å². The molecule has 0 saturated carbocycles. The average Bonchev–Trinajstić information content (AvgIpc) is 3.90. The Morgan fingerprint density at radius 1 is 0.586 bits per heavy atom. The molecule has 1 aliphatic heterocycles. The monoisotopic (exact) mass is 744 g/mol. The van der Waals surface area contributed by atoms with Gasteiger partial charge in [0.2, 0.25) is 0 Å². The third kappa shape index (κ3) is 4.56. The highest BCUT2D eigenvalue weighted by molar-refractivity contribution is 6.19. The molecule has 9 aromatic rings. The Morgan fingerprint density at radius 2 is 1.31 bits per heavy atom. The van der Waals surface area contributed by atoms with E-state index in [-0.39, 0.29) is 11.5 Å². The first kappa shape index (κ1) is 33.1. The lowest BCUT2D eigenvalue weighted by molar-refractivity contribution is 0.660. The minimum absolute atomic E-state index is 0.0471. The van der Waals surface area contributed by atoms with Crippen molar-refractivity contribution in [2.45, 2.75) is 32.2 Å². The van der Waals surface area contributed by atoms with Crippen LogP contribution in [0, 0.1) is 0 Å². The topological polar surface area (TPSA) is 30.1 Å². The van der Waals surface area contributed by atoms with E-state index in [4.69, 9.17) is 4.42 Å². The molecule has 2 aromatic heterocycles. The number of aromatic nitrogens is 1. The largest absolute Gasteiger partial charge is 0.454 e. The van der Waals surface area contributed by atoms with E-state index in [2.05, 4.69) is 207 Å². The van der Waals surface area contributed by atoms with Crippen molar-refractivity contribution < 1.29 is 4.42 Å². The van der Waals surface area contributed by atoms with Gasteiger partial charge in [-0.3, -0.25) is 0 Å². The number of dihydropyridines is 1. The summed E-state index contributed by atoms with van der Waals surface area (Å²) in [7, 11) is 0. The summed E-state index contributed by atoms with van der Waals surface area (Å²) in [5, 5.41) is 8.75. The Balaban J connectivity index is 1.07. The van der Waals surface area contributed by atoms with Crippen LogP contribution in [0.25, 0.3) is 83.0 Å². The number of nitrogens with one attached hydrogen (secondary N) is 1. The van der Waals surface area contributed by atoms with Gasteiger partial charge in [-0.05, 0) is 86.9 Å². The van der Waals surface area contributed by atoms with E-state index in [1.165, 1.54) is 77.5 Å². The minimum atomic E-state index is -0.0798. The summed E-state index contributed by atoms with van der Waals surface area (Å²) >= 11 is 0. The Hall–Kier alpha value is -7.10. The van der Waals surface area contributed by atoms with Crippen LogP contribution in [0.2, 0.25) is 0 Å². The molecular weight excluding hydrogens is 705 g/mol. The molecule has 3 aliphatic rings. The Labute approximate surface area is 337 Å². The number of hydrogen-bond acceptors (Lipinski definition) is 2. The van der Waals surface area contributed by atoms with E-state index in [0.29, 0.717) is 0 Å². The Morgan fingerprint density at radius 3 is 2.19 bits per heavy atom. The number of para-hydroxylation sites is 2. The predicted octanol–water partition coefficient (Wildman–Crippen LogP) is 13.9. The fraction of sp³-hybridized carbons (Fsp3) is 0.0909. The molecule has 58 heavy (non-hydrogen) atoms. The van der Waals surface area contributed by atoms with Crippen molar-refractivity contribution >= 4 is 55.0 Å². The predicted molar refractivity (Wildman–Crippen MR) is 242 cm³/mol. The van der Waals surface area contributed by atoms with E-state index in [9.17, 15) is 0 Å². The Kier molecular flexibility index (Phi) is 6.96. The van der Waals surface area contributed by atoms with Gasteiger partial charge >= 0.3 is 0 Å². The van der Waals surface area contributed by atoms with E-state index >= 15 is 0 Å². The summed E-state index contributed by atoms with van der Waals surface area (Å²) in [5.74, 6) is 0. The molecule has 1 N–H and O–H groups in total. The molecule has 12 rings (SSSR count). The lowest BCUT2D eigenvalue weighted by Crippen LogP contribution is -2.33. The molecule has 0 fully saturated rings. The van der Waals surface area contributed by atoms with Crippen LogP contribution in [-0.2, 0) is 5.41 Å². The first-order chi connectivity index (χ1) is 28.5. The van der Waals surface area contributed by atoms with Gasteiger partial charge < -0.3 is 14.3 Å². The molecule has 1 atom stereocenters. The molecule has 1 unspecified atom stereocenters. The fourth-order valence-electron chi connectivity index (χ4n) is 10.4. The zero-order valence-corrected chi connectivity index (χ0v) is 32.7. The highest BCUT2D eigenvalue weighted by atomic mass is 16.3. The summed E-state index contributed by atoms with van der Waals surface area (Å²) in [5.41, 5.74) is 20.2. The maximum absolute atomic E-state index is 7.02. The first-order valence-corrected chi connectivity index (χ1v) is 20.3. The Bertz CT molecular complexity index is 3330. The van der Waals surface area contributed by atoms with E-state index < -0.39 is 0 Å². The van der Waals surface area contributed by atoms with Gasteiger partial charge in [0.1, 0.15) is 5.58 Å². The van der Waals surface area contributed by atoms with E-state index in [1.54, 1.807) is 0 Å². The molecule has 0 bridgehead atoms. The van der Waals surface area contributed by atoms with Crippen molar-refractivity contribution in [2.75, 3.05) is 0 Å². The molecule has 3 heterocycles. The lowest BCUT2D eigenvalue weighted by Gasteiger charge is -2.32. The molecule has 0 amide bonds. The standard InChI is InChI=1S/C55H40N2O/c1-33-49(36-29-27-35(28-30-36)34-15-5-4-6-16-34)38-18-8-11-23-44(38)56-53(33)40-20-14-26-48-50(40)41-21-13-25-47(54(41)58-48)57-45-24-12-9-19-39(45)52-46(57)32-31-43-51(52)37-17-7-10-22-42(37)55(43,2)3/h4-32,44,56H,1-3H3. The van der Waals surface area contributed by atoms with Crippen LogP contribution in [-0.4, -0.2) is 10.6 Å². The summed E-state index contributed by atoms with van der Waals surface area (Å²) in [6.07, 6.45) is 8.83. The third-order valence-corrected chi connectivity index (χ3v) is 13.0. The van der Waals surface area contributed by atoms with Crippen molar-refractivity contribution in [3.8, 4) is 27.9 Å². The summed E-state index contributed by atoms with van der Waals surface area (Å²) < 4.78 is 9.45. The fourth-order valence-corrected chi connectivity index (χ4v) is 10.4. The summed E-state index contributed by atoms with van der Waals surface area (Å²) in [6.45, 7) is 6.98. The van der Waals surface area contributed by atoms with Crippen molar-refractivity contribution in [3.05, 3.63) is 209 Å². The molecule has 276 valence electrons. The molecule has 3 heteroatoms. The number of nitrogens with zero attached hydrogens (tertiary/aromatic N) is 1. The van der Waals surface area contributed by atoms with Gasteiger partial charge in [0, 0.05) is 38.2 Å². The zero-order valence-electron chi connectivity index (χ0n) is 32.7. The van der Waals surface area contributed by atoms with Gasteiger partial charge in [-0.1, -0.05) is 166 Å². The van der Waals surface area contributed by atoms with Crippen LogP contribution >= 0.6 is 0 Å². The molecular formula is C55H40N2O. The van der Waals surface area contributed by atoms with Gasteiger partial charge in [-0.2, -0.15) is 0 Å². The van der Waals surface area contributed by atoms with Crippen LogP contribution in [0.15, 0.2) is 192 Å². The SMILES string of the molecule is CC1=C(c2cccc3oc4c(-n5c6ccccc6c6c7c(ccc65)C(C)(C)c5ccccc5-7)cccc4c23)NC2C=CC=CC2=C1c1ccc(-c2ccccc2)cc1. The number of furan rings is 1. The molecule has 7 aromatic carbocycles. The van der Waals surface area contributed by atoms with Crippen molar-refractivity contribution in [1.82, 2.24) is 9.88 Å². The van der Waals surface area contributed by atoms with Crippen LogP contribution in [0.3, 0.4) is 0 Å². The lowest BCUT2D eigenvalue weighted by atomic mass is 9.82. The first-order valence-electron chi connectivity index (χ1n) is 20.3. The van der Waals surface area contributed by atoms with Crippen molar-refractivity contribution in [3.63, 3.8) is 0 Å². The van der Waals surface area contributed by atoms with Crippen LogP contribution < -0.4 is 5.32 Å². The van der Waals surface area contributed by atoms with Crippen LogP contribution in [0.4, 0.5) is 0 Å². The van der Waals surface area contributed by atoms with Gasteiger partial charge in [0.05, 0.1) is 22.8 Å². The average molecular weight is 745 g/mol. The maximum Gasteiger partial charge on any atom is 0.159 e. The van der Waals surface area contributed by atoms with E-state index in [0.717, 1.165) is 38.9 Å². The molecule has 3 nitrogen and oxygen atoms in total. The van der Waals surface area contributed by atoms with Crippen molar-refractivity contribution in [1.29, 1.82) is 0 Å². The quantitative estimate of drug-likeness (QED) is 0.194.